The number of amides is 2. The number of rotatable bonds is 6. The Morgan fingerprint density at radius 3 is 2.44 bits per heavy atom. The Balaban J connectivity index is 2.59. The SMILES string of the molecule is CC(=O)Nc1cccc(C(C)NCC(C)N(C)C(=O)OC(C)(C)C)c1. The number of hydrogen-bond acceptors (Lipinski definition) is 4. The molecule has 2 unspecified atom stereocenters. The summed E-state index contributed by atoms with van der Waals surface area (Å²) in [5, 5.41) is 6.20. The fraction of sp³-hybridized carbons (Fsp3) is 0.579. The van der Waals surface area contributed by atoms with Crippen LogP contribution in [0.25, 0.3) is 0 Å². The fourth-order valence-corrected chi connectivity index (χ4v) is 2.21. The predicted molar refractivity (Wildman–Crippen MR) is 101 cm³/mol. The molecule has 0 spiro atoms. The maximum atomic E-state index is 12.1. The van der Waals surface area contributed by atoms with Crippen LogP contribution in [0.1, 0.15) is 53.1 Å². The summed E-state index contributed by atoms with van der Waals surface area (Å²) in [7, 11) is 1.74. The zero-order valence-corrected chi connectivity index (χ0v) is 16.3. The first kappa shape index (κ1) is 21.0. The molecule has 0 aliphatic rings. The lowest BCUT2D eigenvalue weighted by Gasteiger charge is -2.29. The van der Waals surface area contributed by atoms with Gasteiger partial charge in [-0.25, -0.2) is 4.79 Å². The van der Waals surface area contributed by atoms with E-state index in [0.29, 0.717) is 6.54 Å². The lowest BCUT2D eigenvalue weighted by Crippen LogP contribution is -2.44. The smallest absolute Gasteiger partial charge is 0.410 e. The van der Waals surface area contributed by atoms with Gasteiger partial charge in [0.1, 0.15) is 5.60 Å². The molecule has 0 radical (unpaired) electrons. The highest BCUT2D eigenvalue weighted by Gasteiger charge is 2.23. The summed E-state index contributed by atoms with van der Waals surface area (Å²) in [5.41, 5.74) is 1.34. The molecule has 0 aliphatic heterocycles. The number of carbonyl (C=O) groups is 2. The van der Waals surface area contributed by atoms with Gasteiger partial charge in [-0.2, -0.15) is 0 Å². The third kappa shape index (κ3) is 7.56. The summed E-state index contributed by atoms with van der Waals surface area (Å²) in [4.78, 5) is 24.9. The standard InChI is InChI=1S/C19H31N3O3/c1-13(22(7)18(24)25-19(4,5)6)12-20-14(2)16-9-8-10-17(11-16)21-15(3)23/h8-11,13-14,20H,12H2,1-7H3,(H,21,23). The Hall–Kier alpha value is -2.08. The number of ether oxygens (including phenoxy) is 1. The van der Waals surface area contributed by atoms with E-state index in [9.17, 15) is 9.59 Å². The van der Waals surface area contributed by atoms with Crippen molar-refractivity contribution in [1.29, 1.82) is 0 Å². The quantitative estimate of drug-likeness (QED) is 0.824. The molecule has 0 saturated carbocycles. The molecular formula is C19H31N3O3. The Morgan fingerprint density at radius 1 is 1.24 bits per heavy atom. The summed E-state index contributed by atoms with van der Waals surface area (Å²) >= 11 is 0. The van der Waals surface area contributed by atoms with Crippen LogP contribution in [0.5, 0.6) is 0 Å². The van der Waals surface area contributed by atoms with Crippen LogP contribution in [0.2, 0.25) is 0 Å². The highest BCUT2D eigenvalue weighted by Crippen LogP contribution is 2.18. The van der Waals surface area contributed by atoms with Gasteiger partial charge in [0.2, 0.25) is 5.91 Å². The van der Waals surface area contributed by atoms with E-state index in [1.54, 1.807) is 11.9 Å². The first-order chi connectivity index (χ1) is 11.5. The normalized spacial score (nSPS) is 13.7. The minimum atomic E-state index is -0.504. The number of nitrogens with one attached hydrogen (secondary N) is 2. The topological polar surface area (TPSA) is 70.7 Å². The molecule has 1 aromatic rings. The maximum absolute atomic E-state index is 12.1. The Labute approximate surface area is 150 Å². The molecule has 6 heteroatoms. The van der Waals surface area contributed by atoms with E-state index >= 15 is 0 Å². The van der Waals surface area contributed by atoms with Crippen molar-refractivity contribution in [2.24, 2.45) is 0 Å². The molecule has 0 aromatic heterocycles. The number of anilines is 1. The van der Waals surface area contributed by atoms with Crippen LogP contribution in [0, 0.1) is 0 Å². The van der Waals surface area contributed by atoms with Gasteiger partial charge in [0.25, 0.3) is 0 Å². The monoisotopic (exact) mass is 349 g/mol. The molecule has 2 N–H and O–H groups in total. The number of carbonyl (C=O) groups excluding carboxylic acids is 2. The third-order valence-electron chi connectivity index (χ3n) is 3.77. The molecule has 0 aliphatic carbocycles. The molecule has 2 amide bonds. The molecule has 0 heterocycles. The lowest BCUT2D eigenvalue weighted by molar-refractivity contribution is -0.114. The van der Waals surface area contributed by atoms with Crippen molar-refractivity contribution in [1.82, 2.24) is 10.2 Å². The van der Waals surface area contributed by atoms with Crippen LogP contribution in [-0.2, 0) is 9.53 Å². The molecule has 6 nitrogen and oxygen atoms in total. The second-order valence-corrected chi connectivity index (χ2v) is 7.38. The van der Waals surface area contributed by atoms with Crippen molar-refractivity contribution in [2.45, 2.75) is 59.2 Å². The van der Waals surface area contributed by atoms with Crippen molar-refractivity contribution in [3.05, 3.63) is 29.8 Å². The molecule has 2 atom stereocenters. The first-order valence-electron chi connectivity index (χ1n) is 8.56. The summed E-state index contributed by atoms with van der Waals surface area (Å²) in [5.74, 6) is -0.0923. The van der Waals surface area contributed by atoms with Crippen LogP contribution >= 0.6 is 0 Å². The van der Waals surface area contributed by atoms with Crippen LogP contribution in [0.3, 0.4) is 0 Å². The van der Waals surface area contributed by atoms with Crippen LogP contribution < -0.4 is 10.6 Å². The average Bonchev–Trinajstić information content (AvgIpc) is 2.49. The highest BCUT2D eigenvalue weighted by atomic mass is 16.6. The van der Waals surface area contributed by atoms with E-state index in [4.69, 9.17) is 4.74 Å². The van der Waals surface area contributed by atoms with Gasteiger partial charge >= 0.3 is 6.09 Å². The Bertz CT molecular complexity index is 596. The largest absolute Gasteiger partial charge is 0.444 e. The summed E-state index contributed by atoms with van der Waals surface area (Å²) in [6, 6.07) is 7.79. The van der Waals surface area contributed by atoms with Gasteiger partial charge in [0.15, 0.2) is 0 Å². The number of hydrogen-bond donors (Lipinski definition) is 2. The van der Waals surface area contributed by atoms with Crippen molar-refractivity contribution in [3.8, 4) is 0 Å². The predicted octanol–water partition coefficient (Wildman–Crippen LogP) is 3.55. The van der Waals surface area contributed by atoms with Gasteiger partial charge in [-0.3, -0.25) is 4.79 Å². The van der Waals surface area contributed by atoms with Crippen molar-refractivity contribution < 1.29 is 14.3 Å². The van der Waals surface area contributed by atoms with Crippen molar-refractivity contribution in [3.63, 3.8) is 0 Å². The van der Waals surface area contributed by atoms with Crippen molar-refractivity contribution in [2.75, 3.05) is 18.9 Å². The van der Waals surface area contributed by atoms with E-state index in [-0.39, 0.29) is 24.1 Å². The second-order valence-electron chi connectivity index (χ2n) is 7.38. The van der Waals surface area contributed by atoms with Gasteiger partial charge < -0.3 is 20.3 Å². The first-order valence-corrected chi connectivity index (χ1v) is 8.56. The number of nitrogens with zero attached hydrogens (tertiary/aromatic N) is 1. The van der Waals surface area contributed by atoms with Gasteiger partial charge in [-0.15, -0.1) is 0 Å². The molecule has 0 fully saturated rings. The number of benzene rings is 1. The van der Waals surface area contributed by atoms with Gasteiger partial charge in [-0.1, -0.05) is 12.1 Å². The minimum Gasteiger partial charge on any atom is -0.444 e. The third-order valence-corrected chi connectivity index (χ3v) is 3.77. The zero-order valence-electron chi connectivity index (χ0n) is 16.3. The molecule has 1 aromatic carbocycles. The highest BCUT2D eigenvalue weighted by molar-refractivity contribution is 5.88. The summed E-state index contributed by atoms with van der Waals surface area (Å²) in [6.45, 7) is 11.7. The van der Waals surface area contributed by atoms with E-state index in [2.05, 4.69) is 10.6 Å². The molecule has 0 saturated heterocycles. The van der Waals surface area contributed by atoms with E-state index in [1.807, 2.05) is 58.9 Å². The Kier molecular flexibility index (Phi) is 7.42. The van der Waals surface area contributed by atoms with Gasteiger partial charge in [0.05, 0.1) is 0 Å². The van der Waals surface area contributed by atoms with E-state index in [0.717, 1.165) is 11.3 Å². The second kappa shape index (κ2) is 8.85. The minimum absolute atomic E-state index is 0.0178. The molecule has 1 rings (SSSR count). The lowest BCUT2D eigenvalue weighted by atomic mass is 10.1. The number of likely N-dealkylation sites (N-methyl/N-ethyl adjacent to an activating group) is 1. The van der Waals surface area contributed by atoms with E-state index in [1.165, 1.54) is 6.92 Å². The van der Waals surface area contributed by atoms with Crippen LogP contribution in [-0.4, -0.2) is 42.1 Å². The van der Waals surface area contributed by atoms with Crippen molar-refractivity contribution >= 4 is 17.7 Å². The summed E-state index contributed by atoms with van der Waals surface area (Å²) < 4.78 is 5.38. The van der Waals surface area contributed by atoms with Crippen LogP contribution in [0.15, 0.2) is 24.3 Å². The van der Waals surface area contributed by atoms with Gasteiger partial charge in [-0.05, 0) is 52.3 Å². The molecular weight excluding hydrogens is 318 g/mol. The Morgan fingerprint density at radius 2 is 1.88 bits per heavy atom. The van der Waals surface area contributed by atoms with Gasteiger partial charge in [0, 0.05) is 38.3 Å². The zero-order chi connectivity index (χ0) is 19.2. The average molecular weight is 349 g/mol. The van der Waals surface area contributed by atoms with Crippen LogP contribution in [0.4, 0.5) is 10.5 Å². The fourth-order valence-electron chi connectivity index (χ4n) is 2.21. The molecule has 0 bridgehead atoms. The summed E-state index contributed by atoms with van der Waals surface area (Å²) in [6.07, 6.45) is -0.331. The van der Waals surface area contributed by atoms with E-state index < -0.39 is 5.60 Å². The molecule has 140 valence electrons. The molecule has 25 heavy (non-hydrogen) atoms. The maximum Gasteiger partial charge on any atom is 0.410 e.